The molecule has 0 saturated carbocycles. The molecule has 6 heteroatoms. The number of piperidine rings is 1. The molecule has 1 N–H and O–H groups in total. The number of fused-ring (bicyclic) bond motifs is 1. The summed E-state index contributed by atoms with van der Waals surface area (Å²) in [4.78, 5) is 22.7. The van der Waals surface area contributed by atoms with Gasteiger partial charge in [-0.25, -0.2) is 9.37 Å². The molecule has 4 nitrogen and oxygen atoms in total. The molecule has 25 heavy (non-hydrogen) atoms. The van der Waals surface area contributed by atoms with Crippen molar-refractivity contribution in [1.82, 2.24) is 14.9 Å². The van der Waals surface area contributed by atoms with Crippen LogP contribution in [0.2, 0.25) is 0 Å². The molecule has 0 amide bonds. The molecule has 3 heterocycles. The largest absolute Gasteiger partial charge is 0.341 e. The average molecular weight is 357 g/mol. The fraction of sp³-hybridized carbons (Fsp3) is 0.368. The minimum absolute atomic E-state index is 0.116. The molecule has 0 radical (unpaired) electrons. The van der Waals surface area contributed by atoms with E-state index in [0.717, 1.165) is 54.1 Å². The average Bonchev–Trinajstić information content (AvgIpc) is 3.22. The Morgan fingerprint density at radius 1 is 1.40 bits per heavy atom. The summed E-state index contributed by atoms with van der Waals surface area (Å²) in [5, 5.41) is 2.07. The number of carbonyl (C=O) groups excluding carboxylic acids is 1. The highest BCUT2D eigenvalue weighted by Gasteiger charge is 2.27. The van der Waals surface area contributed by atoms with E-state index in [-0.39, 0.29) is 17.6 Å². The van der Waals surface area contributed by atoms with Crippen LogP contribution in [0.3, 0.4) is 0 Å². The van der Waals surface area contributed by atoms with E-state index in [9.17, 15) is 9.18 Å². The quantitative estimate of drug-likeness (QED) is 0.689. The van der Waals surface area contributed by atoms with E-state index in [1.165, 1.54) is 29.0 Å². The Morgan fingerprint density at radius 3 is 3.08 bits per heavy atom. The smallest absolute Gasteiger partial charge is 0.169 e. The van der Waals surface area contributed by atoms with Gasteiger partial charge in [0.25, 0.3) is 0 Å². The lowest BCUT2D eigenvalue weighted by atomic mass is 10.0. The van der Waals surface area contributed by atoms with Crippen molar-refractivity contribution in [3.05, 3.63) is 51.7 Å². The Balaban J connectivity index is 1.59. The summed E-state index contributed by atoms with van der Waals surface area (Å²) in [5.74, 6) is 0.770. The van der Waals surface area contributed by atoms with E-state index in [1.807, 2.05) is 6.07 Å². The standard InChI is InChI=1S/C19H20FN3OS/c1-12(24)18-8-13(11-25-18)10-23-7-3-2-4-17(23)19-21-15-6-5-14(20)9-16(15)22-19/h5-6,8-9,11,17H,2-4,7,10H2,1H3,(H,21,22)/t17-/m1/s1. The van der Waals surface area contributed by atoms with E-state index >= 15 is 0 Å². The van der Waals surface area contributed by atoms with Crippen LogP contribution in [0.1, 0.15) is 53.3 Å². The molecule has 4 rings (SSSR count). The summed E-state index contributed by atoms with van der Waals surface area (Å²) in [7, 11) is 0. The number of imidazole rings is 1. The number of thiophene rings is 1. The highest BCUT2D eigenvalue weighted by Crippen LogP contribution is 2.32. The minimum Gasteiger partial charge on any atom is -0.341 e. The van der Waals surface area contributed by atoms with Gasteiger partial charge < -0.3 is 4.98 Å². The highest BCUT2D eigenvalue weighted by atomic mass is 32.1. The monoisotopic (exact) mass is 357 g/mol. The number of H-pyrrole nitrogens is 1. The molecule has 1 fully saturated rings. The van der Waals surface area contributed by atoms with E-state index in [2.05, 4.69) is 20.2 Å². The maximum Gasteiger partial charge on any atom is 0.169 e. The molecular formula is C19H20FN3OS. The van der Waals surface area contributed by atoms with Gasteiger partial charge in [0.1, 0.15) is 11.6 Å². The first-order chi connectivity index (χ1) is 12.1. The number of hydrogen-bond donors (Lipinski definition) is 1. The van der Waals surface area contributed by atoms with Crippen molar-refractivity contribution < 1.29 is 9.18 Å². The van der Waals surface area contributed by atoms with Gasteiger partial charge in [0, 0.05) is 6.54 Å². The number of rotatable bonds is 4. The van der Waals surface area contributed by atoms with Crippen LogP contribution in [-0.2, 0) is 6.54 Å². The number of nitrogens with one attached hydrogen (secondary N) is 1. The SMILES string of the molecule is CC(=O)c1cc(CN2CCCC[C@@H]2c2nc3ccc(F)cc3[nH]2)cs1. The van der Waals surface area contributed by atoms with Gasteiger partial charge in [-0.05, 0) is 61.5 Å². The number of Topliss-reactive ketones (excluding diaryl/α,β-unsaturated/α-hetero) is 1. The number of carbonyl (C=O) groups is 1. The Hall–Kier alpha value is -2.05. The van der Waals surface area contributed by atoms with Crippen LogP contribution in [-0.4, -0.2) is 27.2 Å². The Bertz CT molecular complexity index is 916. The van der Waals surface area contributed by atoms with Gasteiger partial charge >= 0.3 is 0 Å². The second-order valence-electron chi connectivity index (χ2n) is 6.64. The third kappa shape index (κ3) is 3.37. The fourth-order valence-electron chi connectivity index (χ4n) is 3.53. The predicted octanol–water partition coefficient (Wildman–Crippen LogP) is 4.69. The van der Waals surface area contributed by atoms with Gasteiger partial charge in [-0.15, -0.1) is 11.3 Å². The van der Waals surface area contributed by atoms with Crippen LogP contribution in [0.15, 0.2) is 29.6 Å². The topological polar surface area (TPSA) is 49.0 Å². The van der Waals surface area contributed by atoms with Crippen LogP contribution in [0.25, 0.3) is 11.0 Å². The molecule has 1 aromatic carbocycles. The molecular weight excluding hydrogens is 337 g/mol. The lowest BCUT2D eigenvalue weighted by Gasteiger charge is -2.34. The van der Waals surface area contributed by atoms with Gasteiger partial charge in [-0.3, -0.25) is 9.69 Å². The second-order valence-corrected chi connectivity index (χ2v) is 7.55. The summed E-state index contributed by atoms with van der Waals surface area (Å²) in [5.41, 5.74) is 2.72. The van der Waals surface area contributed by atoms with Crippen molar-refractivity contribution in [3.8, 4) is 0 Å². The molecule has 1 aliphatic rings. The van der Waals surface area contributed by atoms with Crippen LogP contribution in [0, 0.1) is 5.82 Å². The zero-order valence-corrected chi connectivity index (χ0v) is 14.9. The van der Waals surface area contributed by atoms with Gasteiger partial charge in [-0.1, -0.05) is 6.42 Å². The molecule has 1 aliphatic heterocycles. The first-order valence-corrected chi connectivity index (χ1v) is 9.45. The molecule has 0 bridgehead atoms. The Labute approximate surface area is 149 Å². The summed E-state index contributed by atoms with van der Waals surface area (Å²) in [6.45, 7) is 3.41. The first kappa shape index (κ1) is 16.4. The molecule has 0 spiro atoms. The van der Waals surface area contributed by atoms with Crippen LogP contribution >= 0.6 is 11.3 Å². The van der Waals surface area contributed by atoms with E-state index in [0.29, 0.717) is 0 Å². The Kier molecular flexibility index (Phi) is 4.39. The zero-order valence-electron chi connectivity index (χ0n) is 14.1. The number of ketones is 1. The highest BCUT2D eigenvalue weighted by molar-refractivity contribution is 7.12. The lowest BCUT2D eigenvalue weighted by Crippen LogP contribution is -2.33. The number of halogens is 1. The van der Waals surface area contributed by atoms with Gasteiger partial charge in [0.05, 0.1) is 22.0 Å². The maximum atomic E-state index is 13.4. The van der Waals surface area contributed by atoms with Crippen molar-refractivity contribution >= 4 is 28.2 Å². The summed E-state index contributed by atoms with van der Waals surface area (Å²) in [6.07, 6.45) is 3.36. The third-order valence-corrected chi connectivity index (χ3v) is 5.86. The number of hydrogen-bond acceptors (Lipinski definition) is 4. The second kappa shape index (κ2) is 6.69. The first-order valence-electron chi connectivity index (χ1n) is 8.58. The third-order valence-electron chi connectivity index (χ3n) is 4.78. The normalized spacial score (nSPS) is 18.7. The number of aromatic amines is 1. The molecule has 1 saturated heterocycles. The minimum atomic E-state index is -0.252. The van der Waals surface area contributed by atoms with Gasteiger partial charge in [0.2, 0.25) is 0 Å². The molecule has 1 atom stereocenters. The van der Waals surface area contributed by atoms with E-state index in [1.54, 1.807) is 13.0 Å². The molecule has 2 aromatic heterocycles. The van der Waals surface area contributed by atoms with Crippen molar-refractivity contribution in [2.45, 2.75) is 38.8 Å². The summed E-state index contributed by atoms with van der Waals surface area (Å²) in [6, 6.07) is 6.85. The van der Waals surface area contributed by atoms with E-state index < -0.39 is 0 Å². The molecule has 0 aliphatic carbocycles. The number of likely N-dealkylation sites (tertiary alicyclic amines) is 1. The van der Waals surface area contributed by atoms with Crippen LogP contribution in [0.5, 0.6) is 0 Å². The van der Waals surface area contributed by atoms with Crippen molar-refractivity contribution in [2.75, 3.05) is 6.54 Å². The van der Waals surface area contributed by atoms with Crippen LogP contribution in [0.4, 0.5) is 4.39 Å². The number of benzene rings is 1. The van der Waals surface area contributed by atoms with Crippen molar-refractivity contribution in [3.63, 3.8) is 0 Å². The molecule has 0 unspecified atom stereocenters. The van der Waals surface area contributed by atoms with Gasteiger partial charge in [0.15, 0.2) is 5.78 Å². The molecule has 130 valence electrons. The fourth-order valence-corrected chi connectivity index (χ4v) is 4.33. The summed E-state index contributed by atoms with van der Waals surface area (Å²) < 4.78 is 13.4. The summed E-state index contributed by atoms with van der Waals surface area (Å²) >= 11 is 1.51. The zero-order chi connectivity index (χ0) is 17.4. The van der Waals surface area contributed by atoms with E-state index in [4.69, 9.17) is 0 Å². The predicted molar refractivity (Wildman–Crippen MR) is 97.4 cm³/mol. The molecule has 3 aromatic rings. The van der Waals surface area contributed by atoms with Crippen molar-refractivity contribution in [1.29, 1.82) is 0 Å². The number of nitrogens with zero attached hydrogens (tertiary/aromatic N) is 2. The van der Waals surface area contributed by atoms with Crippen LogP contribution < -0.4 is 0 Å². The maximum absolute atomic E-state index is 13.4. The van der Waals surface area contributed by atoms with Gasteiger partial charge in [-0.2, -0.15) is 0 Å². The number of aromatic nitrogens is 2. The van der Waals surface area contributed by atoms with Crippen molar-refractivity contribution in [2.24, 2.45) is 0 Å². The Morgan fingerprint density at radius 2 is 2.28 bits per heavy atom. The lowest BCUT2D eigenvalue weighted by molar-refractivity contribution is 0.102.